The van der Waals surface area contributed by atoms with Crippen LogP contribution in [0.5, 0.6) is 23.0 Å². The summed E-state index contributed by atoms with van der Waals surface area (Å²) in [5, 5.41) is 0. The Morgan fingerprint density at radius 3 is 2.67 bits per heavy atom. The van der Waals surface area contributed by atoms with Crippen molar-refractivity contribution in [1.29, 1.82) is 0 Å². The van der Waals surface area contributed by atoms with Gasteiger partial charge in [-0.15, -0.1) is 0 Å². The van der Waals surface area contributed by atoms with Crippen LogP contribution in [0.2, 0.25) is 0 Å². The van der Waals surface area contributed by atoms with Gasteiger partial charge in [0.15, 0.2) is 23.0 Å². The summed E-state index contributed by atoms with van der Waals surface area (Å²) in [6.07, 6.45) is 0.812. The van der Waals surface area contributed by atoms with Gasteiger partial charge in [0.2, 0.25) is 6.79 Å². The van der Waals surface area contributed by atoms with E-state index in [2.05, 4.69) is 0 Å². The summed E-state index contributed by atoms with van der Waals surface area (Å²) in [4.78, 5) is 0. The van der Waals surface area contributed by atoms with Gasteiger partial charge in [0.25, 0.3) is 0 Å². The van der Waals surface area contributed by atoms with Gasteiger partial charge in [0.1, 0.15) is 0 Å². The van der Waals surface area contributed by atoms with Crippen LogP contribution in [0.3, 0.4) is 0 Å². The van der Waals surface area contributed by atoms with Gasteiger partial charge in [-0.25, -0.2) is 0 Å². The molecule has 0 atom stereocenters. The molecule has 0 radical (unpaired) electrons. The summed E-state index contributed by atoms with van der Waals surface area (Å²) < 4.78 is 21.3. The van der Waals surface area contributed by atoms with E-state index < -0.39 is 0 Å². The summed E-state index contributed by atoms with van der Waals surface area (Å²) in [5.74, 6) is 2.91. The monoisotopic (exact) mass is 210 g/mol. The molecule has 15 heavy (non-hydrogen) atoms. The van der Waals surface area contributed by atoms with Gasteiger partial charge in [-0.3, -0.25) is 0 Å². The average molecular weight is 210 g/mol. The van der Waals surface area contributed by atoms with Gasteiger partial charge < -0.3 is 18.9 Å². The molecule has 0 amide bonds. The lowest BCUT2D eigenvalue weighted by molar-refractivity contribution is 0.173. The molecule has 1 aliphatic heterocycles. The predicted octanol–water partition coefficient (Wildman–Crippen LogP) is 1.99. The van der Waals surface area contributed by atoms with Crippen molar-refractivity contribution in [3.05, 3.63) is 11.6 Å². The molecule has 0 bridgehead atoms. The molecule has 0 saturated carbocycles. The average Bonchev–Trinajstić information content (AvgIpc) is 2.73. The Morgan fingerprint density at radius 1 is 1.27 bits per heavy atom. The Kier molecular flexibility index (Phi) is 2.58. The second kappa shape index (κ2) is 3.88. The van der Waals surface area contributed by atoms with E-state index in [-0.39, 0.29) is 6.79 Å². The van der Waals surface area contributed by atoms with Gasteiger partial charge in [-0.1, -0.05) is 6.92 Å². The van der Waals surface area contributed by atoms with Crippen LogP contribution in [0.25, 0.3) is 0 Å². The van der Waals surface area contributed by atoms with E-state index in [4.69, 9.17) is 18.9 Å². The molecule has 82 valence electrons. The zero-order valence-corrected chi connectivity index (χ0v) is 9.12. The largest absolute Gasteiger partial charge is 0.493 e. The van der Waals surface area contributed by atoms with Gasteiger partial charge in [-0.2, -0.15) is 0 Å². The lowest BCUT2D eigenvalue weighted by atomic mass is 10.1. The molecule has 4 heteroatoms. The van der Waals surface area contributed by atoms with Gasteiger partial charge in [0, 0.05) is 11.6 Å². The molecule has 1 aliphatic rings. The van der Waals surface area contributed by atoms with E-state index in [0.29, 0.717) is 5.75 Å². The van der Waals surface area contributed by atoms with Crippen molar-refractivity contribution in [2.45, 2.75) is 13.3 Å². The minimum Gasteiger partial charge on any atom is -0.493 e. The van der Waals surface area contributed by atoms with Crippen LogP contribution < -0.4 is 18.9 Å². The molecule has 1 heterocycles. The summed E-state index contributed by atoms with van der Waals surface area (Å²) in [5.41, 5.74) is 0.990. The normalized spacial score (nSPS) is 12.7. The summed E-state index contributed by atoms with van der Waals surface area (Å²) in [6, 6.07) is 1.79. The van der Waals surface area contributed by atoms with Crippen molar-refractivity contribution in [2.24, 2.45) is 0 Å². The molecule has 0 fully saturated rings. The van der Waals surface area contributed by atoms with Crippen molar-refractivity contribution >= 4 is 0 Å². The first-order valence-electron chi connectivity index (χ1n) is 4.85. The minimum absolute atomic E-state index is 0.263. The molecule has 0 spiro atoms. The van der Waals surface area contributed by atoms with Crippen LogP contribution in [-0.2, 0) is 6.42 Å². The number of ether oxygens (including phenoxy) is 4. The standard InChI is InChI=1S/C11H14O4/c1-4-7-10(13-3)8(12-2)5-9-11(7)15-6-14-9/h5H,4,6H2,1-3H3. The Labute approximate surface area is 88.7 Å². The van der Waals surface area contributed by atoms with Crippen LogP contribution in [0, 0.1) is 0 Å². The van der Waals surface area contributed by atoms with E-state index in [1.807, 2.05) is 6.92 Å². The molecular formula is C11H14O4. The summed E-state index contributed by atoms with van der Waals surface area (Å²) in [7, 11) is 3.23. The van der Waals surface area contributed by atoms with Crippen LogP contribution in [0.1, 0.15) is 12.5 Å². The topological polar surface area (TPSA) is 36.9 Å². The van der Waals surface area contributed by atoms with E-state index in [0.717, 1.165) is 29.2 Å². The van der Waals surface area contributed by atoms with Crippen molar-refractivity contribution in [3.63, 3.8) is 0 Å². The van der Waals surface area contributed by atoms with Crippen molar-refractivity contribution in [3.8, 4) is 23.0 Å². The molecule has 2 rings (SSSR count). The maximum atomic E-state index is 5.40. The van der Waals surface area contributed by atoms with E-state index >= 15 is 0 Å². The first-order chi connectivity index (χ1) is 7.31. The third-order valence-electron chi connectivity index (χ3n) is 2.45. The van der Waals surface area contributed by atoms with Crippen molar-refractivity contribution in [2.75, 3.05) is 21.0 Å². The Bertz CT molecular complexity index is 373. The van der Waals surface area contributed by atoms with E-state index in [1.165, 1.54) is 0 Å². The molecule has 4 nitrogen and oxygen atoms in total. The number of fused-ring (bicyclic) bond motifs is 1. The third-order valence-corrected chi connectivity index (χ3v) is 2.45. The first kappa shape index (κ1) is 9.96. The highest BCUT2D eigenvalue weighted by Crippen LogP contribution is 2.46. The maximum Gasteiger partial charge on any atom is 0.231 e. The Balaban J connectivity index is 2.61. The van der Waals surface area contributed by atoms with Gasteiger partial charge in [0.05, 0.1) is 14.2 Å². The van der Waals surface area contributed by atoms with Crippen LogP contribution in [0.4, 0.5) is 0 Å². The molecule has 1 aromatic carbocycles. The second-order valence-electron chi connectivity index (χ2n) is 3.18. The van der Waals surface area contributed by atoms with E-state index in [1.54, 1.807) is 20.3 Å². The number of benzene rings is 1. The smallest absolute Gasteiger partial charge is 0.231 e. The van der Waals surface area contributed by atoms with E-state index in [9.17, 15) is 0 Å². The fourth-order valence-electron chi connectivity index (χ4n) is 1.76. The molecule has 0 saturated heterocycles. The van der Waals surface area contributed by atoms with Crippen molar-refractivity contribution in [1.82, 2.24) is 0 Å². The number of hydrogen-bond acceptors (Lipinski definition) is 4. The summed E-state index contributed by atoms with van der Waals surface area (Å²) in [6.45, 7) is 2.30. The zero-order valence-electron chi connectivity index (χ0n) is 9.12. The summed E-state index contributed by atoms with van der Waals surface area (Å²) >= 11 is 0. The second-order valence-corrected chi connectivity index (χ2v) is 3.18. The molecule has 1 aromatic rings. The van der Waals surface area contributed by atoms with Gasteiger partial charge >= 0.3 is 0 Å². The molecule has 0 N–H and O–H groups in total. The highest BCUT2D eigenvalue weighted by atomic mass is 16.7. The molecule has 0 aromatic heterocycles. The van der Waals surface area contributed by atoms with Crippen LogP contribution >= 0.6 is 0 Å². The maximum absolute atomic E-state index is 5.40. The fourth-order valence-corrected chi connectivity index (χ4v) is 1.76. The van der Waals surface area contributed by atoms with Gasteiger partial charge in [-0.05, 0) is 6.42 Å². The third kappa shape index (κ3) is 1.46. The first-order valence-corrected chi connectivity index (χ1v) is 4.85. The molecule has 0 unspecified atom stereocenters. The lowest BCUT2D eigenvalue weighted by Crippen LogP contribution is -1.97. The highest BCUT2D eigenvalue weighted by Gasteiger charge is 2.24. The van der Waals surface area contributed by atoms with Crippen LogP contribution in [0.15, 0.2) is 6.07 Å². The lowest BCUT2D eigenvalue weighted by Gasteiger charge is -2.13. The SMILES string of the molecule is CCc1c(OC)c(OC)cc2c1OCO2. The zero-order chi connectivity index (χ0) is 10.8. The fraction of sp³-hybridized carbons (Fsp3) is 0.455. The highest BCUT2D eigenvalue weighted by molar-refractivity contribution is 5.62. The quantitative estimate of drug-likeness (QED) is 0.764. The van der Waals surface area contributed by atoms with Crippen molar-refractivity contribution < 1.29 is 18.9 Å². The number of hydrogen-bond donors (Lipinski definition) is 0. The molecular weight excluding hydrogens is 196 g/mol. The van der Waals surface area contributed by atoms with Crippen LogP contribution in [-0.4, -0.2) is 21.0 Å². The minimum atomic E-state index is 0.263. The Morgan fingerprint density at radius 2 is 2.07 bits per heavy atom. The molecule has 0 aliphatic carbocycles. The predicted molar refractivity (Wildman–Crippen MR) is 55.0 cm³/mol. The Hall–Kier alpha value is -1.58. The number of rotatable bonds is 3. The number of methoxy groups -OCH3 is 2.